The molecule has 15 heteroatoms. The van der Waals surface area contributed by atoms with Crippen molar-refractivity contribution >= 4 is 35.7 Å². The minimum Gasteiger partial charge on any atom is -0.676 e. The number of hydrogen-bond donors (Lipinski definition) is 5. The molecule has 2 rings (SSSR count). The van der Waals surface area contributed by atoms with Gasteiger partial charge in [0.15, 0.2) is 0 Å². The molecule has 2 unspecified atom stereocenters. The molecule has 7 N–H and O–H groups in total. The normalized spacial score (nSPS) is 14.5. The maximum absolute atomic E-state index is 11.6. The summed E-state index contributed by atoms with van der Waals surface area (Å²) in [5.74, 6) is -4.41. The van der Waals surface area contributed by atoms with Gasteiger partial charge in [-0.3, -0.25) is 9.59 Å². The number of carboxylic acid groups (broad SMARTS) is 3. The molecule has 0 bridgehead atoms. The van der Waals surface area contributed by atoms with E-state index in [9.17, 15) is 19.2 Å². The summed E-state index contributed by atoms with van der Waals surface area (Å²) in [5, 5.41) is 28.6. The van der Waals surface area contributed by atoms with E-state index >= 15 is 0 Å². The van der Waals surface area contributed by atoms with Gasteiger partial charge >= 0.3 is 24.0 Å². The van der Waals surface area contributed by atoms with Crippen LogP contribution in [0.15, 0.2) is 36.4 Å². The Morgan fingerprint density at radius 3 is 1.72 bits per heavy atom. The minimum absolute atomic E-state index is 0. The Kier molecular flexibility index (Phi) is 26.4. The van der Waals surface area contributed by atoms with Gasteiger partial charge in [-0.25, -0.2) is 14.4 Å². The maximum atomic E-state index is 11.6. The van der Waals surface area contributed by atoms with Gasteiger partial charge in [0, 0.05) is 46.1 Å². The molecule has 0 spiro atoms. The molecule has 1 aliphatic carbocycles. The Hall–Kier alpha value is -3.74. The number of nitrogens with one attached hydrogen (secondary N) is 4. The monoisotopic (exact) mass is 788 g/mol. The van der Waals surface area contributed by atoms with E-state index in [1.165, 1.54) is 19.8 Å². The zero-order valence-electron chi connectivity index (χ0n) is 24.3. The van der Waals surface area contributed by atoms with Crippen molar-refractivity contribution in [2.75, 3.05) is 13.1 Å². The van der Waals surface area contributed by atoms with E-state index in [1.807, 2.05) is 0 Å². The number of ether oxygens (including phenoxy) is 1. The largest absolute Gasteiger partial charge is 0.676 e. The summed E-state index contributed by atoms with van der Waals surface area (Å²) in [5.41, 5.74) is 15.9. The minimum atomic E-state index is -1.82. The third-order valence-corrected chi connectivity index (χ3v) is 5.01. The van der Waals surface area contributed by atoms with Gasteiger partial charge < -0.3 is 53.9 Å². The van der Waals surface area contributed by atoms with Gasteiger partial charge in [-0.05, 0) is 50.2 Å². The van der Waals surface area contributed by atoms with Gasteiger partial charge in [-0.15, -0.1) is 0 Å². The molecule has 1 fully saturated rings. The molecule has 1 aliphatic rings. The van der Waals surface area contributed by atoms with Gasteiger partial charge in [0.25, 0.3) is 0 Å². The number of carbonyl (C=O) groups is 6. The zero-order valence-corrected chi connectivity index (χ0v) is 26.5. The van der Waals surface area contributed by atoms with Gasteiger partial charge in [0.05, 0.1) is 0 Å². The number of aliphatic carboxylic acids is 3. The summed E-state index contributed by atoms with van der Waals surface area (Å²) in [7, 11) is 0. The number of Topliss-reactive ketones (excluding diaryl/α,β-unsaturated/α-hetero) is 1. The fourth-order valence-electron chi connectivity index (χ4n) is 2.88. The number of benzene rings is 1. The number of ketones is 1. The quantitative estimate of drug-likeness (QED) is 0.105. The summed E-state index contributed by atoms with van der Waals surface area (Å²) in [6, 6.07) is 6.51. The molecular weight excluding hydrogens is 747 g/mol. The second-order valence-electron chi connectivity index (χ2n) is 9.05. The van der Waals surface area contributed by atoms with E-state index in [4.69, 9.17) is 41.1 Å². The number of amides is 2. The van der Waals surface area contributed by atoms with Crippen molar-refractivity contribution in [1.29, 1.82) is 0 Å². The summed E-state index contributed by atoms with van der Waals surface area (Å²) >= 11 is 0. The van der Waals surface area contributed by atoms with Crippen LogP contribution >= 0.6 is 0 Å². The molecule has 0 aromatic heterocycles. The van der Waals surface area contributed by atoms with E-state index in [0.717, 1.165) is 18.4 Å². The molecule has 1 saturated carbocycles. The number of aryl methyl sites for hydroxylation is 1. The molecule has 0 radical (unpaired) electrons. The molecule has 2 amide bonds. The van der Waals surface area contributed by atoms with Crippen LogP contribution in [0.2, 0.25) is 0 Å². The Morgan fingerprint density at radius 1 is 0.907 bits per heavy atom. The molecule has 0 aliphatic heterocycles. The first-order valence-electron chi connectivity index (χ1n) is 13.0. The van der Waals surface area contributed by atoms with Crippen molar-refractivity contribution < 1.29 is 69.9 Å². The third kappa shape index (κ3) is 28.2. The SMILES string of the molecule is C=C(C)C(=O)NCCCNC(=O)Oc1ccc(CCC(=O)O)cc1.O=C(O)C(=O)O.[CH2-]C(C)=O.[NH-]C1CCCCC1[NH-].[Pt]. The first kappa shape index (κ1) is 43.7. The average molecular weight is 789 g/mol. The van der Waals surface area contributed by atoms with Crippen LogP contribution in [0.25, 0.3) is 11.5 Å². The second-order valence-corrected chi connectivity index (χ2v) is 9.05. The molecule has 1 aromatic rings. The fourth-order valence-corrected chi connectivity index (χ4v) is 2.88. The van der Waals surface area contributed by atoms with Crippen LogP contribution in [-0.4, -0.2) is 76.2 Å². The van der Waals surface area contributed by atoms with Crippen LogP contribution in [0.5, 0.6) is 5.75 Å². The van der Waals surface area contributed by atoms with Crippen molar-refractivity contribution in [2.45, 2.75) is 70.9 Å². The van der Waals surface area contributed by atoms with Gasteiger partial charge in [0.1, 0.15) is 5.75 Å². The maximum Gasteiger partial charge on any atom is 0.414 e. The first-order valence-corrected chi connectivity index (χ1v) is 13.0. The smallest absolute Gasteiger partial charge is 0.414 e. The van der Waals surface area contributed by atoms with Crippen LogP contribution < -0.4 is 15.4 Å². The van der Waals surface area contributed by atoms with E-state index in [1.54, 1.807) is 31.2 Å². The predicted octanol–water partition coefficient (Wildman–Crippen LogP) is 3.84. The van der Waals surface area contributed by atoms with Crippen molar-refractivity contribution in [1.82, 2.24) is 10.6 Å². The second kappa shape index (κ2) is 25.9. The number of carbonyl (C=O) groups excluding carboxylic acids is 3. The Labute approximate surface area is 265 Å². The number of hydrogen-bond acceptors (Lipinski definition) is 7. The molecule has 1 aromatic carbocycles. The molecule has 0 saturated heterocycles. The van der Waals surface area contributed by atoms with Gasteiger partial charge in [0.2, 0.25) is 5.91 Å². The van der Waals surface area contributed by atoms with Gasteiger partial charge in [-0.1, -0.05) is 44.4 Å². The molecule has 0 heterocycles. The Morgan fingerprint density at radius 2 is 1.35 bits per heavy atom. The third-order valence-electron chi connectivity index (χ3n) is 5.01. The van der Waals surface area contributed by atoms with Crippen molar-refractivity contribution in [3.8, 4) is 5.75 Å². The zero-order chi connectivity index (χ0) is 32.7. The van der Waals surface area contributed by atoms with E-state index < -0.39 is 24.0 Å². The summed E-state index contributed by atoms with van der Waals surface area (Å²) in [6.45, 7) is 10.4. The van der Waals surface area contributed by atoms with E-state index in [-0.39, 0.29) is 51.3 Å². The van der Waals surface area contributed by atoms with Crippen LogP contribution in [0.3, 0.4) is 0 Å². The number of rotatable bonds is 9. The Balaban J connectivity index is -0.000000682. The molecular formula is C28H41N4O10Pt-3. The standard InChI is InChI=1S/C17H22N2O5.C6H12N2.C3H5O.C2H2O4.Pt/c1-12(2)16(22)18-10-3-11-19-17(23)24-14-7-4-13(5-8-14)6-9-15(20)21;7-5-3-1-2-4-6(5)8;1-3(2)4;3-1(4)2(5)6;/h4-5,7-8H,1,3,6,9-11H2,2H3,(H,18,22)(H,19,23)(H,20,21);5-8H,1-4H2;1H2,2H3;(H,3,4)(H,5,6);/q;-2;-1;;. The average Bonchev–Trinajstić information content (AvgIpc) is 2.90. The summed E-state index contributed by atoms with van der Waals surface area (Å²) < 4.78 is 5.09. The van der Waals surface area contributed by atoms with Crippen LogP contribution in [0, 0.1) is 6.92 Å². The molecule has 246 valence electrons. The molecule has 2 atom stereocenters. The topological polar surface area (TPSA) is 244 Å². The van der Waals surface area contributed by atoms with Crippen LogP contribution in [0.1, 0.15) is 57.9 Å². The van der Waals surface area contributed by atoms with Crippen molar-refractivity contribution in [3.63, 3.8) is 0 Å². The first-order chi connectivity index (χ1) is 19.6. The Bertz CT molecular complexity index is 1010. The van der Waals surface area contributed by atoms with E-state index in [0.29, 0.717) is 37.3 Å². The summed E-state index contributed by atoms with van der Waals surface area (Å²) in [4.78, 5) is 60.9. The van der Waals surface area contributed by atoms with Crippen LogP contribution in [-0.2, 0) is 51.5 Å². The fraction of sp³-hybridized carbons (Fsp3) is 0.464. The van der Waals surface area contributed by atoms with E-state index in [2.05, 4.69) is 24.1 Å². The van der Waals surface area contributed by atoms with Crippen LogP contribution in [0.4, 0.5) is 4.79 Å². The van der Waals surface area contributed by atoms with Gasteiger partial charge in [-0.2, -0.15) is 12.1 Å². The van der Waals surface area contributed by atoms with Crippen molar-refractivity contribution in [2.24, 2.45) is 0 Å². The van der Waals surface area contributed by atoms with Crippen molar-refractivity contribution in [3.05, 3.63) is 60.4 Å². The predicted molar refractivity (Wildman–Crippen MR) is 155 cm³/mol. The molecule has 14 nitrogen and oxygen atoms in total. The molecule has 43 heavy (non-hydrogen) atoms. The number of carboxylic acids is 3. The summed E-state index contributed by atoms with van der Waals surface area (Å²) in [6.07, 6.45) is 4.72.